The number of nitrogens with one attached hydrogen (secondary N) is 1. The third-order valence-corrected chi connectivity index (χ3v) is 4.35. The second kappa shape index (κ2) is 6.84. The van der Waals surface area contributed by atoms with Gasteiger partial charge in [-0.1, -0.05) is 12.1 Å². The van der Waals surface area contributed by atoms with Crippen LogP contribution in [0.2, 0.25) is 0 Å². The highest BCUT2D eigenvalue weighted by Crippen LogP contribution is 2.39. The molecule has 26 heavy (non-hydrogen) atoms. The van der Waals surface area contributed by atoms with Gasteiger partial charge in [0.15, 0.2) is 5.76 Å². The molecule has 1 N–H and O–H groups in total. The summed E-state index contributed by atoms with van der Waals surface area (Å²) in [5.74, 6) is 3.26. The van der Waals surface area contributed by atoms with E-state index in [1.807, 2.05) is 66.9 Å². The molecule has 0 saturated carbocycles. The quantitative estimate of drug-likeness (QED) is 0.510. The monoisotopic (exact) mass is 345 g/mol. The fourth-order valence-corrected chi connectivity index (χ4v) is 2.95. The molecule has 0 saturated heterocycles. The molecule has 2 aromatic heterocycles. The molecule has 0 unspecified atom stereocenters. The summed E-state index contributed by atoms with van der Waals surface area (Å²) in [7, 11) is 3.33. The molecular weight excluding hydrogens is 326 g/mol. The Bertz CT molecular complexity index is 916. The number of ether oxygens (including phenoxy) is 2. The minimum Gasteiger partial charge on any atom is -0.497 e. The van der Waals surface area contributed by atoms with E-state index in [0.717, 1.165) is 45.4 Å². The second-order valence-electron chi connectivity index (χ2n) is 5.89. The Morgan fingerprint density at radius 1 is 0.769 bits per heavy atom. The maximum Gasteiger partial charge on any atom is 0.151 e. The normalized spacial score (nSPS) is 10.7. The van der Waals surface area contributed by atoms with Gasteiger partial charge >= 0.3 is 0 Å². The Morgan fingerprint density at radius 3 is 1.92 bits per heavy atom. The smallest absolute Gasteiger partial charge is 0.151 e. The molecule has 0 spiro atoms. The summed E-state index contributed by atoms with van der Waals surface area (Å²) < 4.78 is 16.8. The predicted molar refractivity (Wildman–Crippen MR) is 102 cm³/mol. The summed E-state index contributed by atoms with van der Waals surface area (Å²) in [6, 6.07) is 21.9. The molecule has 0 atom stereocenters. The minimum atomic E-state index is 0.798. The topological polar surface area (TPSA) is 47.4 Å². The van der Waals surface area contributed by atoms with E-state index in [9.17, 15) is 0 Å². The molecule has 4 nitrogen and oxygen atoms in total. The summed E-state index contributed by atoms with van der Waals surface area (Å²) in [5, 5.41) is 0. The molecule has 130 valence electrons. The van der Waals surface area contributed by atoms with Gasteiger partial charge in [-0.25, -0.2) is 0 Å². The van der Waals surface area contributed by atoms with Crippen molar-refractivity contribution in [2.75, 3.05) is 14.2 Å². The lowest BCUT2D eigenvalue weighted by Gasteiger charge is -2.06. The lowest BCUT2D eigenvalue weighted by molar-refractivity contribution is 0.414. The van der Waals surface area contributed by atoms with Crippen molar-refractivity contribution < 1.29 is 13.9 Å². The third-order valence-electron chi connectivity index (χ3n) is 4.35. The van der Waals surface area contributed by atoms with Gasteiger partial charge in [-0.3, -0.25) is 0 Å². The number of H-pyrrole nitrogens is 1. The van der Waals surface area contributed by atoms with Crippen LogP contribution in [-0.4, -0.2) is 19.2 Å². The third kappa shape index (κ3) is 2.97. The van der Waals surface area contributed by atoms with Crippen molar-refractivity contribution in [2.45, 2.75) is 0 Å². The first-order valence-electron chi connectivity index (χ1n) is 8.35. The van der Waals surface area contributed by atoms with E-state index in [0.29, 0.717) is 0 Å². The van der Waals surface area contributed by atoms with Crippen LogP contribution < -0.4 is 9.47 Å². The number of aromatic amines is 1. The molecule has 2 heterocycles. The summed E-state index contributed by atoms with van der Waals surface area (Å²) in [6.07, 6.45) is 1.89. The molecule has 0 amide bonds. The SMILES string of the molecule is COc1ccc(-c2cc(-c3ccc[nH]3)oc2-c2ccc(OC)cc2)cc1. The second-order valence-corrected chi connectivity index (χ2v) is 5.89. The number of rotatable bonds is 5. The lowest BCUT2D eigenvalue weighted by Crippen LogP contribution is -1.84. The summed E-state index contributed by atoms with van der Waals surface area (Å²) in [6.45, 7) is 0. The van der Waals surface area contributed by atoms with Crippen molar-refractivity contribution in [3.05, 3.63) is 72.9 Å². The maximum atomic E-state index is 6.23. The van der Waals surface area contributed by atoms with Crippen LogP contribution in [0.5, 0.6) is 11.5 Å². The van der Waals surface area contributed by atoms with Gasteiger partial charge in [-0.15, -0.1) is 0 Å². The van der Waals surface area contributed by atoms with Crippen molar-refractivity contribution in [2.24, 2.45) is 0 Å². The lowest BCUT2D eigenvalue weighted by atomic mass is 10.0. The van der Waals surface area contributed by atoms with Gasteiger partial charge in [0.2, 0.25) is 0 Å². The molecule has 4 aromatic rings. The zero-order valence-corrected chi connectivity index (χ0v) is 14.7. The molecule has 0 aliphatic heterocycles. The first-order valence-corrected chi connectivity index (χ1v) is 8.35. The van der Waals surface area contributed by atoms with E-state index < -0.39 is 0 Å². The number of furan rings is 1. The summed E-state index contributed by atoms with van der Waals surface area (Å²) in [4.78, 5) is 3.20. The van der Waals surface area contributed by atoms with Gasteiger partial charge in [0.25, 0.3) is 0 Å². The van der Waals surface area contributed by atoms with Crippen LogP contribution in [0.15, 0.2) is 77.3 Å². The first-order chi connectivity index (χ1) is 12.8. The molecule has 4 rings (SSSR count). The van der Waals surface area contributed by atoms with Gasteiger partial charge in [0.1, 0.15) is 17.3 Å². The van der Waals surface area contributed by atoms with Crippen molar-refractivity contribution in [3.8, 4) is 45.4 Å². The van der Waals surface area contributed by atoms with Crippen LogP contribution in [0.1, 0.15) is 0 Å². The van der Waals surface area contributed by atoms with E-state index in [4.69, 9.17) is 13.9 Å². The van der Waals surface area contributed by atoms with Gasteiger partial charge in [-0.2, -0.15) is 0 Å². The maximum absolute atomic E-state index is 6.23. The Balaban J connectivity index is 1.84. The van der Waals surface area contributed by atoms with Crippen LogP contribution in [0.4, 0.5) is 0 Å². The van der Waals surface area contributed by atoms with Gasteiger partial charge < -0.3 is 18.9 Å². The fourth-order valence-electron chi connectivity index (χ4n) is 2.95. The molecular formula is C22H19NO3. The van der Waals surface area contributed by atoms with Gasteiger partial charge in [0.05, 0.1) is 19.9 Å². The van der Waals surface area contributed by atoms with E-state index in [1.54, 1.807) is 14.2 Å². The first kappa shape index (κ1) is 16.1. The summed E-state index contributed by atoms with van der Waals surface area (Å²) >= 11 is 0. The van der Waals surface area contributed by atoms with Crippen LogP contribution in [0, 0.1) is 0 Å². The Labute approximate surface area is 152 Å². The Hall–Kier alpha value is -3.40. The molecule has 4 heteroatoms. The Morgan fingerprint density at radius 2 is 1.38 bits per heavy atom. The van der Waals surface area contributed by atoms with E-state index in [2.05, 4.69) is 11.1 Å². The highest BCUT2D eigenvalue weighted by molar-refractivity contribution is 5.83. The van der Waals surface area contributed by atoms with E-state index >= 15 is 0 Å². The molecule has 0 fully saturated rings. The van der Waals surface area contributed by atoms with Gasteiger partial charge in [0, 0.05) is 17.3 Å². The van der Waals surface area contributed by atoms with Crippen LogP contribution in [0.3, 0.4) is 0 Å². The van der Waals surface area contributed by atoms with Crippen LogP contribution in [-0.2, 0) is 0 Å². The zero-order valence-electron chi connectivity index (χ0n) is 14.7. The molecule has 2 aromatic carbocycles. The molecule has 0 aliphatic rings. The zero-order chi connectivity index (χ0) is 17.9. The molecule has 0 aliphatic carbocycles. The minimum absolute atomic E-state index is 0.798. The number of benzene rings is 2. The average Bonchev–Trinajstić information content (AvgIpc) is 3.38. The molecule has 0 radical (unpaired) electrons. The largest absolute Gasteiger partial charge is 0.497 e. The number of aromatic nitrogens is 1. The molecule has 0 bridgehead atoms. The van der Waals surface area contributed by atoms with Crippen molar-refractivity contribution >= 4 is 0 Å². The number of hydrogen-bond donors (Lipinski definition) is 1. The van der Waals surface area contributed by atoms with Crippen LogP contribution in [0.25, 0.3) is 33.9 Å². The van der Waals surface area contributed by atoms with Crippen LogP contribution >= 0.6 is 0 Å². The highest BCUT2D eigenvalue weighted by atomic mass is 16.5. The van der Waals surface area contributed by atoms with Gasteiger partial charge in [-0.05, 0) is 60.2 Å². The van der Waals surface area contributed by atoms with Crippen molar-refractivity contribution in [1.82, 2.24) is 4.98 Å². The average molecular weight is 345 g/mol. The van der Waals surface area contributed by atoms with Crippen molar-refractivity contribution in [3.63, 3.8) is 0 Å². The van der Waals surface area contributed by atoms with E-state index in [-0.39, 0.29) is 0 Å². The van der Waals surface area contributed by atoms with E-state index in [1.165, 1.54) is 0 Å². The highest BCUT2D eigenvalue weighted by Gasteiger charge is 2.16. The number of hydrogen-bond acceptors (Lipinski definition) is 3. The number of methoxy groups -OCH3 is 2. The predicted octanol–water partition coefficient (Wildman–Crippen LogP) is 5.63. The Kier molecular flexibility index (Phi) is 4.23. The fraction of sp³-hybridized carbons (Fsp3) is 0.0909. The van der Waals surface area contributed by atoms with Crippen molar-refractivity contribution in [1.29, 1.82) is 0 Å². The summed E-state index contributed by atoms with van der Waals surface area (Å²) in [5.41, 5.74) is 4.04. The standard InChI is InChI=1S/C22H19NO3/c1-24-17-9-5-15(6-10-17)19-14-21(20-4-3-13-23-20)26-22(19)16-7-11-18(25-2)12-8-16/h3-14,23H,1-2H3.